The van der Waals surface area contributed by atoms with Crippen LogP contribution in [0, 0.1) is 18.2 Å². The first-order chi connectivity index (χ1) is 17.6. The quantitative estimate of drug-likeness (QED) is 0.348. The summed E-state index contributed by atoms with van der Waals surface area (Å²) in [4.78, 5) is 14.4. The molecule has 1 aliphatic heterocycles. The maximum absolute atomic E-state index is 14.6. The fraction of sp³-hybridized carbons (Fsp3) is 0.379. The van der Waals surface area contributed by atoms with Crippen molar-refractivity contribution >= 4 is 5.82 Å². The summed E-state index contributed by atoms with van der Waals surface area (Å²) in [6.07, 6.45) is 5.78. The van der Waals surface area contributed by atoms with Crippen molar-refractivity contribution in [1.82, 2.24) is 14.9 Å². The van der Waals surface area contributed by atoms with Crippen LogP contribution < -0.4 is 4.90 Å². The molecule has 0 saturated carbocycles. The lowest BCUT2D eigenvalue weighted by Crippen LogP contribution is -2.49. The first-order valence-electron chi connectivity index (χ1n) is 12.4. The lowest BCUT2D eigenvalue weighted by atomic mass is 10.0. The Balaban J connectivity index is 1.59. The van der Waals surface area contributed by atoms with Crippen LogP contribution in [0.5, 0.6) is 0 Å². The summed E-state index contributed by atoms with van der Waals surface area (Å²) in [6, 6.07) is 16.9. The van der Waals surface area contributed by atoms with E-state index in [9.17, 15) is 9.50 Å². The number of piperazine rings is 1. The standard InChI is InChI=1S/C29H33FN4O2/c1-3-18-36-21-24(35)20-33-14-16-34(17-15-33)29-25(19-23-12-8-9-13-26(23)30)27(4-2)31-28(32-29)22-10-6-5-7-11-22/h1,5-13,24,35H,4,14-21H2,2H3/t24-/m0/s1. The van der Waals surface area contributed by atoms with Gasteiger partial charge in [0.25, 0.3) is 0 Å². The van der Waals surface area contributed by atoms with E-state index in [0.29, 0.717) is 24.4 Å². The fourth-order valence-corrected chi connectivity index (χ4v) is 4.55. The molecule has 1 saturated heterocycles. The summed E-state index contributed by atoms with van der Waals surface area (Å²) in [7, 11) is 0. The second-order valence-electron chi connectivity index (χ2n) is 8.94. The van der Waals surface area contributed by atoms with Crippen molar-refractivity contribution in [2.45, 2.75) is 25.9 Å². The minimum atomic E-state index is -0.586. The summed E-state index contributed by atoms with van der Waals surface area (Å²) in [5.74, 6) is 3.74. The number of β-amino-alcohol motifs (C(OH)–C–C–N with tert-alkyl or cyclic N) is 1. The van der Waals surface area contributed by atoms with Crippen molar-refractivity contribution < 1.29 is 14.2 Å². The molecule has 1 aromatic heterocycles. The summed E-state index contributed by atoms with van der Waals surface area (Å²) < 4.78 is 19.9. The highest BCUT2D eigenvalue weighted by molar-refractivity contribution is 5.61. The monoisotopic (exact) mass is 488 g/mol. The van der Waals surface area contributed by atoms with Gasteiger partial charge in [0, 0.05) is 56.0 Å². The number of aromatic nitrogens is 2. The molecule has 36 heavy (non-hydrogen) atoms. The Morgan fingerprint density at radius 3 is 2.47 bits per heavy atom. The summed E-state index contributed by atoms with van der Waals surface area (Å²) >= 11 is 0. The average molecular weight is 489 g/mol. The van der Waals surface area contributed by atoms with Crippen LogP contribution in [-0.4, -0.2) is 72.0 Å². The molecular formula is C29H33FN4O2. The Labute approximate surface area is 212 Å². The van der Waals surface area contributed by atoms with Crippen LogP contribution in [0.3, 0.4) is 0 Å². The van der Waals surface area contributed by atoms with E-state index in [2.05, 4.69) is 22.6 Å². The molecule has 2 heterocycles. The van der Waals surface area contributed by atoms with E-state index < -0.39 is 6.10 Å². The van der Waals surface area contributed by atoms with Crippen LogP contribution in [0.25, 0.3) is 11.4 Å². The molecular weight excluding hydrogens is 455 g/mol. The Kier molecular flexibility index (Phi) is 9.01. The molecule has 3 aromatic rings. The Morgan fingerprint density at radius 2 is 1.78 bits per heavy atom. The minimum Gasteiger partial charge on any atom is -0.389 e. The van der Waals surface area contributed by atoms with Gasteiger partial charge in [-0.25, -0.2) is 14.4 Å². The number of aryl methyl sites for hydroxylation is 1. The van der Waals surface area contributed by atoms with Gasteiger partial charge in [0.1, 0.15) is 18.2 Å². The van der Waals surface area contributed by atoms with Crippen LogP contribution in [0.4, 0.5) is 10.2 Å². The molecule has 0 unspecified atom stereocenters. The van der Waals surface area contributed by atoms with E-state index in [0.717, 1.165) is 55.2 Å². The molecule has 4 rings (SSSR count). The van der Waals surface area contributed by atoms with Gasteiger partial charge in [-0.15, -0.1) is 6.42 Å². The molecule has 6 nitrogen and oxygen atoms in total. The molecule has 1 fully saturated rings. The van der Waals surface area contributed by atoms with Crippen LogP contribution in [0.1, 0.15) is 23.7 Å². The summed E-state index contributed by atoms with van der Waals surface area (Å²) in [6.45, 7) is 6.07. The highest BCUT2D eigenvalue weighted by Crippen LogP contribution is 2.29. The number of hydrogen-bond donors (Lipinski definition) is 1. The Bertz CT molecular complexity index is 1170. The third-order valence-corrected chi connectivity index (χ3v) is 6.40. The average Bonchev–Trinajstić information content (AvgIpc) is 2.91. The largest absolute Gasteiger partial charge is 0.389 e. The Morgan fingerprint density at radius 1 is 1.06 bits per heavy atom. The van der Waals surface area contributed by atoms with Crippen molar-refractivity contribution in [3.63, 3.8) is 0 Å². The maximum atomic E-state index is 14.6. The maximum Gasteiger partial charge on any atom is 0.161 e. The third kappa shape index (κ3) is 6.46. The second kappa shape index (κ2) is 12.6. The second-order valence-corrected chi connectivity index (χ2v) is 8.94. The van der Waals surface area contributed by atoms with Crippen LogP contribution in [-0.2, 0) is 17.6 Å². The zero-order valence-corrected chi connectivity index (χ0v) is 20.7. The molecule has 2 aromatic carbocycles. The number of rotatable bonds is 10. The topological polar surface area (TPSA) is 61.7 Å². The Hall–Kier alpha value is -3.31. The molecule has 0 amide bonds. The first kappa shape index (κ1) is 25.8. The number of terminal acetylenes is 1. The van der Waals surface area contributed by atoms with E-state index in [1.807, 2.05) is 42.5 Å². The van der Waals surface area contributed by atoms with E-state index in [1.54, 1.807) is 6.07 Å². The van der Waals surface area contributed by atoms with E-state index >= 15 is 0 Å². The van der Waals surface area contributed by atoms with E-state index in [-0.39, 0.29) is 19.0 Å². The number of aliphatic hydroxyl groups is 1. The molecule has 0 spiro atoms. The van der Waals surface area contributed by atoms with E-state index in [1.165, 1.54) is 6.07 Å². The molecule has 1 aliphatic rings. The number of benzene rings is 2. The highest BCUT2D eigenvalue weighted by Gasteiger charge is 2.25. The SMILES string of the molecule is C#CCOC[C@@H](O)CN1CCN(c2nc(-c3ccccc3)nc(CC)c2Cc2ccccc2F)CC1. The molecule has 7 heteroatoms. The highest BCUT2D eigenvalue weighted by atomic mass is 19.1. The van der Waals surface area contributed by atoms with Gasteiger partial charge in [-0.05, 0) is 18.1 Å². The first-order valence-corrected chi connectivity index (χ1v) is 12.4. The molecule has 188 valence electrons. The van der Waals surface area contributed by atoms with Crippen LogP contribution >= 0.6 is 0 Å². The van der Waals surface area contributed by atoms with Gasteiger partial charge >= 0.3 is 0 Å². The molecule has 0 radical (unpaired) electrons. The normalized spacial score (nSPS) is 15.0. The number of anilines is 1. The lowest BCUT2D eigenvalue weighted by molar-refractivity contribution is 0.0267. The van der Waals surface area contributed by atoms with Gasteiger partial charge in [0.15, 0.2) is 5.82 Å². The van der Waals surface area contributed by atoms with Gasteiger partial charge in [0.05, 0.1) is 12.7 Å². The van der Waals surface area contributed by atoms with Gasteiger partial charge in [0.2, 0.25) is 0 Å². The van der Waals surface area contributed by atoms with Crippen molar-refractivity contribution in [2.24, 2.45) is 0 Å². The lowest BCUT2D eigenvalue weighted by Gasteiger charge is -2.37. The van der Waals surface area contributed by atoms with Crippen molar-refractivity contribution in [3.05, 3.63) is 77.2 Å². The van der Waals surface area contributed by atoms with Crippen molar-refractivity contribution in [3.8, 4) is 23.7 Å². The molecule has 0 aliphatic carbocycles. The van der Waals surface area contributed by atoms with Crippen LogP contribution in [0.15, 0.2) is 54.6 Å². The van der Waals surface area contributed by atoms with Gasteiger partial charge < -0.3 is 14.7 Å². The number of nitrogens with zero attached hydrogens (tertiary/aromatic N) is 4. The zero-order valence-electron chi connectivity index (χ0n) is 20.7. The minimum absolute atomic E-state index is 0.201. The third-order valence-electron chi connectivity index (χ3n) is 6.40. The van der Waals surface area contributed by atoms with E-state index in [4.69, 9.17) is 21.1 Å². The predicted molar refractivity (Wildman–Crippen MR) is 140 cm³/mol. The fourth-order valence-electron chi connectivity index (χ4n) is 4.55. The van der Waals surface area contributed by atoms with Crippen LogP contribution in [0.2, 0.25) is 0 Å². The molecule has 1 N–H and O–H groups in total. The molecule has 1 atom stereocenters. The van der Waals surface area contributed by atoms with Crippen molar-refractivity contribution in [2.75, 3.05) is 50.8 Å². The number of ether oxygens (including phenoxy) is 1. The predicted octanol–water partition coefficient (Wildman–Crippen LogP) is 3.57. The smallest absolute Gasteiger partial charge is 0.161 e. The summed E-state index contributed by atoms with van der Waals surface area (Å²) in [5.41, 5.74) is 3.50. The number of hydrogen-bond acceptors (Lipinski definition) is 6. The summed E-state index contributed by atoms with van der Waals surface area (Å²) in [5, 5.41) is 10.3. The van der Waals surface area contributed by atoms with Crippen molar-refractivity contribution in [1.29, 1.82) is 0 Å². The zero-order chi connectivity index (χ0) is 25.3. The van der Waals surface area contributed by atoms with Gasteiger partial charge in [-0.1, -0.05) is 61.4 Å². The number of halogens is 1. The van der Waals surface area contributed by atoms with Gasteiger partial charge in [-0.2, -0.15) is 0 Å². The number of aliphatic hydroxyl groups excluding tert-OH is 1. The molecule has 0 bridgehead atoms. The van der Waals surface area contributed by atoms with Gasteiger partial charge in [-0.3, -0.25) is 4.90 Å².